The molecule has 3 heteroatoms. The topological polar surface area (TPSA) is 24.9 Å². The van der Waals surface area contributed by atoms with Gasteiger partial charge in [-0.25, -0.2) is 4.98 Å². The van der Waals surface area contributed by atoms with Crippen LogP contribution in [0.5, 0.6) is 0 Å². The number of benzene rings is 2. The summed E-state index contributed by atoms with van der Waals surface area (Å²) in [7, 11) is 0. The van der Waals surface area contributed by atoms with Gasteiger partial charge in [0.05, 0.1) is 5.52 Å². The minimum atomic E-state index is 0.730. The summed E-state index contributed by atoms with van der Waals surface area (Å²) in [6, 6.07) is 17.9. The zero-order valence-corrected chi connectivity index (χ0v) is 11.3. The number of fused-ring (bicyclic) bond motifs is 1. The first-order valence-corrected chi connectivity index (χ1v) is 6.49. The van der Waals surface area contributed by atoms with Crippen LogP contribution >= 0.6 is 11.6 Å². The summed E-state index contributed by atoms with van der Waals surface area (Å²) in [5, 5.41) is 5.21. The van der Waals surface area contributed by atoms with Crippen LogP contribution in [0.4, 0.5) is 11.5 Å². The minimum absolute atomic E-state index is 0.730. The predicted octanol–water partition coefficient (Wildman–Crippen LogP) is 4.94. The van der Waals surface area contributed by atoms with Crippen molar-refractivity contribution in [3.63, 3.8) is 0 Å². The minimum Gasteiger partial charge on any atom is -0.340 e. The quantitative estimate of drug-likeness (QED) is 0.712. The Morgan fingerprint density at radius 2 is 1.74 bits per heavy atom. The summed E-state index contributed by atoms with van der Waals surface area (Å²) >= 11 is 5.88. The fourth-order valence-electron chi connectivity index (χ4n) is 2.02. The fourth-order valence-corrected chi connectivity index (χ4v) is 2.14. The summed E-state index contributed by atoms with van der Waals surface area (Å²) in [5.74, 6) is 0.876. The monoisotopic (exact) mass is 268 g/mol. The zero-order chi connectivity index (χ0) is 13.2. The second kappa shape index (κ2) is 4.90. The lowest BCUT2D eigenvalue weighted by atomic mass is 10.1. The molecule has 0 saturated heterocycles. The summed E-state index contributed by atoms with van der Waals surface area (Å²) in [5.41, 5.74) is 3.09. The van der Waals surface area contributed by atoms with E-state index in [1.165, 1.54) is 0 Å². The van der Waals surface area contributed by atoms with Crippen LogP contribution in [0, 0.1) is 6.92 Å². The van der Waals surface area contributed by atoms with Gasteiger partial charge in [0.25, 0.3) is 0 Å². The Morgan fingerprint density at radius 1 is 1.00 bits per heavy atom. The second-order valence-electron chi connectivity index (χ2n) is 4.48. The normalized spacial score (nSPS) is 10.6. The highest BCUT2D eigenvalue weighted by atomic mass is 35.5. The van der Waals surface area contributed by atoms with Crippen LogP contribution in [-0.4, -0.2) is 4.98 Å². The van der Waals surface area contributed by atoms with E-state index in [-0.39, 0.29) is 0 Å². The van der Waals surface area contributed by atoms with Crippen molar-refractivity contribution in [2.75, 3.05) is 5.32 Å². The van der Waals surface area contributed by atoms with Crippen molar-refractivity contribution >= 4 is 34.0 Å². The molecule has 0 bridgehead atoms. The SMILES string of the molecule is Cc1cc2ccccc2nc1Nc1ccc(Cl)cc1. The molecule has 94 valence electrons. The number of rotatable bonds is 2. The van der Waals surface area contributed by atoms with Gasteiger partial charge >= 0.3 is 0 Å². The molecule has 19 heavy (non-hydrogen) atoms. The van der Waals surface area contributed by atoms with E-state index in [0.29, 0.717) is 0 Å². The smallest absolute Gasteiger partial charge is 0.134 e. The largest absolute Gasteiger partial charge is 0.340 e. The molecule has 0 saturated carbocycles. The van der Waals surface area contributed by atoms with E-state index in [9.17, 15) is 0 Å². The van der Waals surface area contributed by atoms with Gasteiger partial charge in [-0.3, -0.25) is 0 Å². The standard InChI is InChI=1S/C16H13ClN2/c1-11-10-12-4-2-3-5-15(12)19-16(11)18-14-8-6-13(17)7-9-14/h2-10H,1H3,(H,18,19). The molecule has 2 nitrogen and oxygen atoms in total. The van der Waals surface area contributed by atoms with Crippen molar-refractivity contribution < 1.29 is 0 Å². The van der Waals surface area contributed by atoms with Crippen molar-refractivity contribution in [3.8, 4) is 0 Å². The summed E-state index contributed by atoms with van der Waals surface area (Å²) in [6.45, 7) is 2.05. The zero-order valence-electron chi connectivity index (χ0n) is 10.5. The number of nitrogens with zero attached hydrogens (tertiary/aromatic N) is 1. The number of hydrogen-bond acceptors (Lipinski definition) is 2. The molecule has 1 heterocycles. The Kier molecular flexibility index (Phi) is 3.10. The first-order valence-electron chi connectivity index (χ1n) is 6.11. The van der Waals surface area contributed by atoms with E-state index in [1.54, 1.807) is 0 Å². The number of aromatic nitrogens is 1. The number of halogens is 1. The highest BCUT2D eigenvalue weighted by molar-refractivity contribution is 6.30. The third-order valence-electron chi connectivity index (χ3n) is 3.02. The Balaban J connectivity index is 2.00. The van der Waals surface area contributed by atoms with Crippen molar-refractivity contribution in [1.29, 1.82) is 0 Å². The number of anilines is 2. The third-order valence-corrected chi connectivity index (χ3v) is 3.27. The van der Waals surface area contributed by atoms with Crippen LogP contribution < -0.4 is 5.32 Å². The molecule has 0 aliphatic carbocycles. The molecule has 0 unspecified atom stereocenters. The van der Waals surface area contributed by atoms with E-state index in [4.69, 9.17) is 11.6 Å². The number of pyridine rings is 1. The van der Waals surface area contributed by atoms with Gasteiger partial charge in [-0.15, -0.1) is 0 Å². The van der Waals surface area contributed by atoms with E-state index in [2.05, 4.69) is 29.4 Å². The first-order chi connectivity index (χ1) is 9.22. The van der Waals surface area contributed by atoms with E-state index in [0.717, 1.165) is 33.0 Å². The van der Waals surface area contributed by atoms with Crippen molar-refractivity contribution in [1.82, 2.24) is 4.98 Å². The molecule has 3 rings (SSSR count). The molecule has 1 aromatic heterocycles. The van der Waals surface area contributed by atoms with Crippen LogP contribution in [0.2, 0.25) is 5.02 Å². The van der Waals surface area contributed by atoms with Gasteiger partial charge in [0.2, 0.25) is 0 Å². The Bertz CT molecular complexity index is 720. The summed E-state index contributed by atoms with van der Waals surface area (Å²) in [4.78, 5) is 4.65. The summed E-state index contributed by atoms with van der Waals surface area (Å²) < 4.78 is 0. The van der Waals surface area contributed by atoms with Crippen molar-refractivity contribution in [3.05, 3.63) is 65.2 Å². The molecule has 2 aromatic carbocycles. The Labute approximate surface area is 117 Å². The molecule has 0 amide bonds. The lowest BCUT2D eigenvalue weighted by molar-refractivity contribution is 1.31. The van der Waals surface area contributed by atoms with Gasteiger partial charge in [-0.1, -0.05) is 29.8 Å². The average Bonchev–Trinajstić information content (AvgIpc) is 2.42. The maximum absolute atomic E-state index is 5.88. The van der Waals surface area contributed by atoms with Gasteiger partial charge in [0.1, 0.15) is 5.82 Å². The highest BCUT2D eigenvalue weighted by Crippen LogP contribution is 2.23. The number of nitrogens with one attached hydrogen (secondary N) is 1. The van der Waals surface area contributed by atoms with Gasteiger partial charge in [-0.05, 0) is 48.9 Å². The van der Waals surface area contributed by atoms with E-state index < -0.39 is 0 Å². The second-order valence-corrected chi connectivity index (χ2v) is 4.91. The third kappa shape index (κ3) is 2.54. The van der Waals surface area contributed by atoms with Crippen molar-refractivity contribution in [2.45, 2.75) is 6.92 Å². The molecular formula is C16H13ClN2. The first kappa shape index (κ1) is 12.0. The molecule has 0 aliphatic rings. The molecule has 0 fully saturated rings. The molecule has 1 N–H and O–H groups in total. The van der Waals surface area contributed by atoms with Crippen molar-refractivity contribution in [2.24, 2.45) is 0 Å². The Hall–Kier alpha value is -2.06. The number of hydrogen-bond donors (Lipinski definition) is 1. The maximum Gasteiger partial charge on any atom is 0.134 e. The fraction of sp³-hybridized carbons (Fsp3) is 0.0625. The van der Waals surface area contributed by atoms with Crippen LogP contribution in [0.3, 0.4) is 0 Å². The van der Waals surface area contributed by atoms with Crippen LogP contribution in [0.25, 0.3) is 10.9 Å². The number of aryl methyl sites for hydroxylation is 1. The van der Waals surface area contributed by atoms with Gasteiger partial charge in [-0.2, -0.15) is 0 Å². The lowest BCUT2D eigenvalue weighted by Gasteiger charge is -2.10. The maximum atomic E-state index is 5.88. The van der Waals surface area contributed by atoms with E-state index in [1.807, 2.05) is 42.5 Å². The summed E-state index contributed by atoms with van der Waals surface area (Å²) in [6.07, 6.45) is 0. The Morgan fingerprint density at radius 3 is 2.53 bits per heavy atom. The highest BCUT2D eigenvalue weighted by Gasteiger charge is 2.03. The molecular weight excluding hydrogens is 256 g/mol. The van der Waals surface area contributed by atoms with Crippen LogP contribution in [0.15, 0.2) is 54.6 Å². The molecule has 0 atom stereocenters. The number of para-hydroxylation sites is 1. The average molecular weight is 269 g/mol. The van der Waals surface area contributed by atoms with Gasteiger partial charge in [0.15, 0.2) is 0 Å². The molecule has 0 aliphatic heterocycles. The molecule has 0 radical (unpaired) electrons. The predicted molar refractivity (Wildman–Crippen MR) is 81.2 cm³/mol. The van der Waals surface area contributed by atoms with Gasteiger partial charge < -0.3 is 5.32 Å². The van der Waals surface area contributed by atoms with Crippen LogP contribution in [0.1, 0.15) is 5.56 Å². The molecule has 0 spiro atoms. The van der Waals surface area contributed by atoms with Gasteiger partial charge in [0, 0.05) is 16.1 Å². The lowest BCUT2D eigenvalue weighted by Crippen LogP contribution is -1.96. The van der Waals surface area contributed by atoms with Crippen LogP contribution in [-0.2, 0) is 0 Å². The van der Waals surface area contributed by atoms with E-state index >= 15 is 0 Å². The molecule has 3 aromatic rings.